The lowest BCUT2D eigenvalue weighted by Crippen LogP contribution is -2.27. The minimum Gasteiger partial charge on any atom is -0.393 e. The Morgan fingerprint density at radius 2 is 1.79 bits per heavy atom. The number of hydrogen-bond donors (Lipinski definition) is 2. The number of benzene rings is 2. The van der Waals surface area contributed by atoms with Crippen molar-refractivity contribution in [2.45, 2.75) is 24.9 Å². The third kappa shape index (κ3) is 2.89. The van der Waals surface area contributed by atoms with E-state index in [1.807, 2.05) is 59.1 Å². The van der Waals surface area contributed by atoms with E-state index in [0.29, 0.717) is 24.2 Å². The summed E-state index contributed by atoms with van der Waals surface area (Å²) in [6.07, 6.45) is 5.58. The maximum absolute atomic E-state index is 11.3. The maximum atomic E-state index is 11.3. The van der Waals surface area contributed by atoms with E-state index in [0.717, 1.165) is 40.0 Å². The van der Waals surface area contributed by atoms with E-state index in [1.165, 1.54) is 0 Å². The van der Waals surface area contributed by atoms with Crippen LogP contribution in [-0.4, -0.2) is 31.9 Å². The van der Waals surface area contributed by atoms with Crippen LogP contribution in [0.2, 0.25) is 0 Å². The summed E-state index contributed by atoms with van der Waals surface area (Å²) in [6.45, 7) is 0. The molecule has 0 amide bonds. The van der Waals surface area contributed by atoms with Crippen molar-refractivity contribution in [3.8, 4) is 22.4 Å². The van der Waals surface area contributed by atoms with Gasteiger partial charge in [0.1, 0.15) is 22.9 Å². The minimum absolute atomic E-state index is 0.215. The Balaban J connectivity index is 1.60. The average Bonchev–Trinajstić information content (AvgIpc) is 3.12. The fourth-order valence-electron chi connectivity index (χ4n) is 4.05. The molecule has 0 aliphatic heterocycles. The number of carbonyl (C=O) groups is 1. The molecule has 0 unspecified atom stereocenters. The summed E-state index contributed by atoms with van der Waals surface area (Å²) in [6, 6.07) is 15.5. The van der Waals surface area contributed by atoms with E-state index in [4.69, 9.17) is 10.7 Å². The molecule has 4 aromatic rings. The largest absolute Gasteiger partial charge is 0.393 e. The molecule has 0 saturated heterocycles. The lowest BCUT2D eigenvalue weighted by molar-refractivity contribution is 0.0715. The van der Waals surface area contributed by atoms with Gasteiger partial charge in [0.2, 0.25) is 0 Å². The molecule has 144 valence electrons. The molecule has 1 aliphatic rings. The number of carbonyl (C=O) groups excluding carboxylic acids is 1. The Labute approximate surface area is 167 Å². The number of aliphatic hydroxyl groups excluding tert-OH is 1. The van der Waals surface area contributed by atoms with Gasteiger partial charge >= 0.3 is 0 Å². The summed E-state index contributed by atoms with van der Waals surface area (Å²) >= 11 is 0. The lowest BCUT2D eigenvalue weighted by Gasteiger charge is -2.30. The van der Waals surface area contributed by atoms with Crippen LogP contribution in [0.1, 0.15) is 34.9 Å². The maximum Gasteiger partial charge on any atom is 0.150 e. The summed E-state index contributed by atoms with van der Waals surface area (Å²) in [5.74, 6) is 1.55. The molecule has 0 bridgehead atoms. The predicted octanol–water partition coefficient (Wildman–Crippen LogP) is 3.70. The standard InChI is InChI=1S/C23H20N4O2/c24-22-21-20(26-23(17-11-18(29)12-17)27(21)10-9-25-22)15-7-5-14(6-8-15)19-4-2-1-3-16(19)13-28/h1-10,13,17-18,29H,11-12H2,(H2,24,25). The van der Waals surface area contributed by atoms with E-state index in [2.05, 4.69) is 4.98 Å². The number of rotatable bonds is 4. The summed E-state index contributed by atoms with van der Waals surface area (Å²) in [4.78, 5) is 20.5. The number of aldehydes is 1. The van der Waals surface area contributed by atoms with Crippen LogP contribution < -0.4 is 5.73 Å². The molecule has 0 spiro atoms. The smallest absolute Gasteiger partial charge is 0.150 e. The van der Waals surface area contributed by atoms with Gasteiger partial charge in [-0.25, -0.2) is 9.97 Å². The van der Waals surface area contributed by atoms with Gasteiger partial charge in [0, 0.05) is 29.4 Å². The van der Waals surface area contributed by atoms with Crippen LogP contribution in [0.4, 0.5) is 5.82 Å². The van der Waals surface area contributed by atoms with E-state index >= 15 is 0 Å². The second kappa shape index (κ2) is 6.83. The molecule has 0 radical (unpaired) electrons. The van der Waals surface area contributed by atoms with Crippen LogP contribution in [0.15, 0.2) is 60.9 Å². The Kier molecular flexibility index (Phi) is 4.14. The monoisotopic (exact) mass is 384 g/mol. The van der Waals surface area contributed by atoms with E-state index < -0.39 is 0 Å². The van der Waals surface area contributed by atoms with Crippen LogP contribution in [0.25, 0.3) is 27.9 Å². The van der Waals surface area contributed by atoms with Gasteiger partial charge in [-0.05, 0) is 24.0 Å². The quantitative estimate of drug-likeness (QED) is 0.523. The van der Waals surface area contributed by atoms with Crippen molar-refractivity contribution in [1.82, 2.24) is 14.4 Å². The van der Waals surface area contributed by atoms with Gasteiger partial charge in [0.15, 0.2) is 6.29 Å². The van der Waals surface area contributed by atoms with Gasteiger partial charge < -0.3 is 10.8 Å². The Morgan fingerprint density at radius 3 is 2.52 bits per heavy atom. The summed E-state index contributed by atoms with van der Waals surface area (Å²) in [5, 5.41) is 9.71. The van der Waals surface area contributed by atoms with E-state index in [1.54, 1.807) is 6.20 Å². The molecule has 1 fully saturated rings. The number of imidazole rings is 1. The van der Waals surface area contributed by atoms with Gasteiger partial charge in [-0.15, -0.1) is 0 Å². The lowest BCUT2D eigenvalue weighted by atomic mass is 9.82. The number of hydrogen-bond acceptors (Lipinski definition) is 5. The summed E-state index contributed by atoms with van der Waals surface area (Å²) in [5.41, 5.74) is 11.2. The summed E-state index contributed by atoms with van der Waals surface area (Å²) < 4.78 is 1.99. The molecule has 1 saturated carbocycles. The number of nitrogens with two attached hydrogens (primary N) is 1. The SMILES string of the molecule is Nc1nccn2c(C3CC(O)C3)nc(-c3ccc(-c4ccccc4C=O)cc3)c12. The Morgan fingerprint density at radius 1 is 1.07 bits per heavy atom. The van der Waals surface area contributed by atoms with Crippen molar-refractivity contribution in [3.63, 3.8) is 0 Å². The zero-order valence-corrected chi connectivity index (χ0v) is 15.7. The number of aromatic nitrogens is 3. The first-order valence-corrected chi connectivity index (χ1v) is 9.61. The molecular weight excluding hydrogens is 364 g/mol. The highest BCUT2D eigenvalue weighted by molar-refractivity contribution is 5.89. The van der Waals surface area contributed by atoms with Crippen molar-refractivity contribution in [1.29, 1.82) is 0 Å². The van der Waals surface area contributed by atoms with Gasteiger partial charge in [-0.3, -0.25) is 9.20 Å². The Bertz CT molecular complexity index is 1210. The minimum atomic E-state index is -0.257. The highest BCUT2D eigenvalue weighted by atomic mass is 16.3. The van der Waals surface area contributed by atoms with Crippen LogP contribution >= 0.6 is 0 Å². The molecule has 6 heteroatoms. The third-order valence-corrected chi connectivity index (χ3v) is 5.65. The number of aliphatic hydroxyl groups is 1. The van der Waals surface area contributed by atoms with Crippen LogP contribution in [-0.2, 0) is 0 Å². The summed E-state index contributed by atoms with van der Waals surface area (Å²) in [7, 11) is 0. The van der Waals surface area contributed by atoms with Gasteiger partial charge in [0.25, 0.3) is 0 Å². The molecule has 1 aliphatic carbocycles. The van der Waals surface area contributed by atoms with Crippen LogP contribution in [0.3, 0.4) is 0 Å². The molecule has 2 aromatic heterocycles. The van der Waals surface area contributed by atoms with Gasteiger partial charge in [0.05, 0.1) is 6.10 Å². The first-order chi connectivity index (χ1) is 14.2. The molecule has 2 heterocycles. The normalized spacial score (nSPS) is 18.5. The average molecular weight is 384 g/mol. The van der Waals surface area contributed by atoms with Crippen molar-refractivity contribution in [3.05, 3.63) is 72.3 Å². The zero-order valence-electron chi connectivity index (χ0n) is 15.7. The van der Waals surface area contributed by atoms with Gasteiger partial charge in [-0.1, -0.05) is 48.5 Å². The van der Waals surface area contributed by atoms with Crippen LogP contribution in [0, 0.1) is 0 Å². The van der Waals surface area contributed by atoms with Crippen LogP contribution in [0.5, 0.6) is 0 Å². The number of fused-ring (bicyclic) bond motifs is 1. The van der Waals surface area contributed by atoms with E-state index in [9.17, 15) is 9.90 Å². The predicted molar refractivity (Wildman–Crippen MR) is 112 cm³/mol. The molecule has 6 nitrogen and oxygen atoms in total. The second-order valence-corrected chi connectivity index (χ2v) is 7.45. The highest BCUT2D eigenvalue weighted by Gasteiger charge is 2.33. The van der Waals surface area contributed by atoms with E-state index in [-0.39, 0.29) is 12.0 Å². The molecule has 5 rings (SSSR count). The topological polar surface area (TPSA) is 93.5 Å². The highest BCUT2D eigenvalue weighted by Crippen LogP contribution is 2.39. The molecule has 3 N–H and O–H groups in total. The second-order valence-electron chi connectivity index (χ2n) is 7.45. The van der Waals surface area contributed by atoms with Gasteiger partial charge in [-0.2, -0.15) is 0 Å². The number of anilines is 1. The van der Waals surface area contributed by atoms with Crippen molar-refractivity contribution in [2.24, 2.45) is 0 Å². The number of nitrogen functional groups attached to an aromatic ring is 1. The molecule has 2 aromatic carbocycles. The Hall–Kier alpha value is -3.51. The molecule has 29 heavy (non-hydrogen) atoms. The van der Waals surface area contributed by atoms with Crippen molar-refractivity contribution >= 4 is 17.6 Å². The molecular formula is C23H20N4O2. The van der Waals surface area contributed by atoms with Crippen molar-refractivity contribution in [2.75, 3.05) is 5.73 Å². The fraction of sp³-hybridized carbons (Fsp3) is 0.174. The zero-order chi connectivity index (χ0) is 20.0. The fourth-order valence-corrected chi connectivity index (χ4v) is 4.05. The van der Waals surface area contributed by atoms with Crippen molar-refractivity contribution < 1.29 is 9.90 Å². The number of nitrogens with zero attached hydrogens (tertiary/aromatic N) is 3. The third-order valence-electron chi connectivity index (χ3n) is 5.65. The molecule has 0 atom stereocenters. The first-order valence-electron chi connectivity index (χ1n) is 9.61. The first kappa shape index (κ1) is 17.6.